The molecule has 0 saturated heterocycles. The number of rotatable bonds is 10. The number of aryl methyl sites for hydroxylation is 2. The quantitative estimate of drug-likeness (QED) is 0.278. The Bertz CT molecular complexity index is 735. The van der Waals surface area contributed by atoms with Gasteiger partial charge in [-0.1, -0.05) is 92.3 Å². The van der Waals surface area contributed by atoms with E-state index in [-0.39, 0.29) is 0 Å². The average molecular weight is 401 g/mol. The third-order valence-electron chi connectivity index (χ3n) is 4.76. The Labute approximate surface area is 175 Å². The first-order valence-corrected chi connectivity index (χ1v) is 11.0. The van der Waals surface area contributed by atoms with Crippen molar-refractivity contribution in [1.82, 2.24) is 0 Å². The van der Waals surface area contributed by atoms with Gasteiger partial charge in [-0.3, -0.25) is 0 Å². The predicted molar refractivity (Wildman–Crippen MR) is 120 cm³/mol. The van der Waals surface area contributed by atoms with Crippen molar-refractivity contribution < 1.29 is 0 Å². The maximum absolute atomic E-state index is 6.07. The average Bonchev–Trinajstić information content (AvgIpc) is 2.68. The highest BCUT2D eigenvalue weighted by atomic mass is 35.5. The van der Waals surface area contributed by atoms with Crippen molar-refractivity contribution in [3.05, 3.63) is 69.2 Å². The van der Waals surface area contributed by atoms with Gasteiger partial charge in [0.15, 0.2) is 0 Å². The highest BCUT2D eigenvalue weighted by Crippen LogP contribution is 2.23. The normalized spacial score (nSPS) is 10.5. The van der Waals surface area contributed by atoms with Gasteiger partial charge in [-0.05, 0) is 61.1 Å². The number of benzene rings is 2. The monoisotopic (exact) mass is 400 g/mol. The minimum Gasteiger partial charge on any atom is -0.0979 e. The second-order valence-electron chi connectivity index (χ2n) is 7.12. The zero-order valence-electron chi connectivity index (χ0n) is 16.4. The summed E-state index contributed by atoms with van der Waals surface area (Å²) in [5.41, 5.74) is 3.72. The summed E-state index contributed by atoms with van der Waals surface area (Å²) in [5, 5.41) is 1.26. The van der Waals surface area contributed by atoms with E-state index >= 15 is 0 Å². The summed E-state index contributed by atoms with van der Waals surface area (Å²) >= 11 is 12.0. The number of halogens is 2. The van der Waals surface area contributed by atoms with E-state index in [1.54, 1.807) is 0 Å². The first-order chi connectivity index (χ1) is 13.2. The molecule has 27 heavy (non-hydrogen) atoms. The van der Waals surface area contributed by atoms with Crippen LogP contribution in [0.1, 0.15) is 75.0 Å². The molecular formula is C25H30Cl2. The Morgan fingerprint density at radius 1 is 0.704 bits per heavy atom. The van der Waals surface area contributed by atoms with Crippen LogP contribution in [-0.2, 0) is 12.8 Å². The molecule has 0 fully saturated rings. The Kier molecular flexibility index (Phi) is 10.4. The maximum atomic E-state index is 6.07. The summed E-state index contributed by atoms with van der Waals surface area (Å²) in [6.07, 6.45) is 12.1. The molecule has 0 nitrogen and oxygen atoms in total. The van der Waals surface area contributed by atoms with E-state index < -0.39 is 0 Å². The summed E-state index contributed by atoms with van der Waals surface area (Å²) in [6.45, 7) is 2.26. The van der Waals surface area contributed by atoms with E-state index in [0.29, 0.717) is 10.0 Å². The molecule has 0 heterocycles. The molecule has 0 aliphatic rings. The van der Waals surface area contributed by atoms with Crippen molar-refractivity contribution in [2.45, 2.75) is 71.1 Å². The van der Waals surface area contributed by atoms with E-state index in [2.05, 4.69) is 49.1 Å². The number of hydrogen-bond acceptors (Lipinski definition) is 0. The topological polar surface area (TPSA) is 0 Å². The number of hydrogen-bond donors (Lipinski definition) is 0. The van der Waals surface area contributed by atoms with Crippen LogP contribution in [-0.4, -0.2) is 0 Å². The Morgan fingerprint density at radius 2 is 1.37 bits per heavy atom. The lowest BCUT2D eigenvalue weighted by Gasteiger charge is -2.04. The molecular weight excluding hydrogens is 371 g/mol. The second-order valence-corrected chi connectivity index (χ2v) is 7.93. The molecule has 0 spiro atoms. The van der Waals surface area contributed by atoms with Gasteiger partial charge in [-0.25, -0.2) is 0 Å². The first kappa shape index (κ1) is 21.9. The number of unbranched alkanes of at least 4 members (excludes halogenated alkanes) is 6. The van der Waals surface area contributed by atoms with Gasteiger partial charge in [0.2, 0.25) is 0 Å². The van der Waals surface area contributed by atoms with Crippen LogP contribution in [0.2, 0.25) is 10.0 Å². The van der Waals surface area contributed by atoms with Gasteiger partial charge in [0.1, 0.15) is 0 Å². The van der Waals surface area contributed by atoms with Crippen LogP contribution in [0.4, 0.5) is 0 Å². The van der Waals surface area contributed by atoms with E-state index in [0.717, 1.165) is 31.2 Å². The molecule has 144 valence electrons. The van der Waals surface area contributed by atoms with E-state index in [1.807, 2.05) is 12.1 Å². The molecule has 2 aromatic rings. The lowest BCUT2D eigenvalue weighted by molar-refractivity contribution is 0.614. The third-order valence-corrected chi connectivity index (χ3v) is 5.50. The van der Waals surface area contributed by atoms with Crippen molar-refractivity contribution in [1.29, 1.82) is 0 Å². The van der Waals surface area contributed by atoms with Crippen molar-refractivity contribution in [3.8, 4) is 11.8 Å². The Morgan fingerprint density at radius 3 is 2.11 bits per heavy atom. The smallest absolute Gasteiger partial charge is 0.0595 e. The summed E-state index contributed by atoms with van der Waals surface area (Å²) in [6, 6.07) is 14.6. The molecule has 0 radical (unpaired) electrons. The third kappa shape index (κ3) is 8.87. The predicted octanol–water partition coefficient (Wildman–Crippen LogP) is 8.27. The highest BCUT2D eigenvalue weighted by molar-refractivity contribution is 6.42. The molecule has 2 aromatic carbocycles. The molecule has 0 atom stereocenters. The van der Waals surface area contributed by atoms with Crippen LogP contribution in [0.25, 0.3) is 0 Å². The molecule has 0 N–H and O–H groups in total. The minimum atomic E-state index is 0.619. The van der Waals surface area contributed by atoms with Crippen LogP contribution in [0.5, 0.6) is 0 Å². The zero-order chi connectivity index (χ0) is 19.3. The van der Waals surface area contributed by atoms with Crippen LogP contribution in [0.15, 0.2) is 42.5 Å². The molecule has 0 saturated carbocycles. The van der Waals surface area contributed by atoms with Gasteiger partial charge in [-0.15, -0.1) is 0 Å². The highest BCUT2D eigenvalue weighted by Gasteiger charge is 2.00. The lowest BCUT2D eigenvalue weighted by Crippen LogP contribution is -1.90. The van der Waals surface area contributed by atoms with Gasteiger partial charge in [0.05, 0.1) is 10.0 Å². The fourth-order valence-electron chi connectivity index (χ4n) is 3.10. The Hall–Kier alpha value is -1.42. The summed E-state index contributed by atoms with van der Waals surface area (Å²) in [7, 11) is 0. The van der Waals surface area contributed by atoms with Crippen LogP contribution in [0.3, 0.4) is 0 Å². The van der Waals surface area contributed by atoms with Crippen molar-refractivity contribution >= 4 is 23.2 Å². The van der Waals surface area contributed by atoms with E-state index in [9.17, 15) is 0 Å². The van der Waals surface area contributed by atoms with Gasteiger partial charge >= 0.3 is 0 Å². The molecule has 0 aromatic heterocycles. The fraction of sp³-hybridized carbons (Fsp3) is 0.440. The van der Waals surface area contributed by atoms with Crippen molar-refractivity contribution in [2.75, 3.05) is 0 Å². The largest absolute Gasteiger partial charge is 0.0979 e. The van der Waals surface area contributed by atoms with E-state index in [1.165, 1.54) is 49.7 Å². The van der Waals surface area contributed by atoms with E-state index in [4.69, 9.17) is 23.2 Å². The van der Waals surface area contributed by atoms with Gasteiger partial charge in [-0.2, -0.15) is 0 Å². The molecule has 2 heteroatoms. The van der Waals surface area contributed by atoms with Gasteiger partial charge in [0, 0.05) is 12.0 Å². The second kappa shape index (κ2) is 12.9. The molecule has 2 rings (SSSR count). The Balaban J connectivity index is 1.67. The molecule has 0 amide bonds. The minimum absolute atomic E-state index is 0.619. The zero-order valence-corrected chi connectivity index (χ0v) is 17.9. The van der Waals surface area contributed by atoms with Gasteiger partial charge in [0.25, 0.3) is 0 Å². The van der Waals surface area contributed by atoms with Crippen LogP contribution in [0, 0.1) is 11.8 Å². The molecule has 0 aliphatic heterocycles. The SMILES string of the molecule is CCCCCCCCC#Cc1ccc(CCCc2ccc(Cl)c(Cl)c2)cc1. The molecule has 0 bridgehead atoms. The van der Waals surface area contributed by atoms with Crippen molar-refractivity contribution in [3.63, 3.8) is 0 Å². The standard InChI is InChI=1S/C25H30Cl2/c1-2-3-4-5-6-7-8-9-11-21-14-16-22(17-15-21)12-10-13-23-18-19-24(26)25(27)20-23/h14-20H,2-8,10,12-13H2,1H3. The first-order valence-electron chi connectivity index (χ1n) is 10.2. The maximum Gasteiger partial charge on any atom is 0.0595 e. The fourth-order valence-corrected chi connectivity index (χ4v) is 3.43. The summed E-state index contributed by atoms with van der Waals surface area (Å²) in [4.78, 5) is 0. The summed E-state index contributed by atoms with van der Waals surface area (Å²) in [5.74, 6) is 6.60. The lowest BCUT2D eigenvalue weighted by atomic mass is 10.0. The van der Waals surface area contributed by atoms with Crippen LogP contribution < -0.4 is 0 Å². The molecule has 0 unspecified atom stereocenters. The molecule has 0 aliphatic carbocycles. The van der Waals surface area contributed by atoms with Crippen LogP contribution >= 0.6 is 23.2 Å². The van der Waals surface area contributed by atoms with Crippen molar-refractivity contribution in [2.24, 2.45) is 0 Å². The summed E-state index contributed by atoms with van der Waals surface area (Å²) < 4.78 is 0. The van der Waals surface area contributed by atoms with Gasteiger partial charge < -0.3 is 0 Å².